The van der Waals surface area contributed by atoms with Crippen LogP contribution in [0.1, 0.15) is 24.0 Å². The number of nitrogens with one attached hydrogen (secondary N) is 1. The summed E-state index contributed by atoms with van der Waals surface area (Å²) in [7, 11) is 0. The van der Waals surface area contributed by atoms with Crippen LogP contribution in [0.5, 0.6) is 0 Å². The third-order valence-corrected chi connectivity index (χ3v) is 6.06. The van der Waals surface area contributed by atoms with Crippen LogP contribution in [0.4, 0.5) is 32.0 Å². The van der Waals surface area contributed by atoms with E-state index in [9.17, 15) is 40.7 Å². The van der Waals surface area contributed by atoms with E-state index < -0.39 is 71.7 Å². The molecule has 2 aliphatic carbocycles. The number of rotatable bonds is 4. The third-order valence-electron chi connectivity index (χ3n) is 6.06. The van der Waals surface area contributed by atoms with Gasteiger partial charge in [-0.15, -0.1) is 0 Å². The number of fused-ring (bicyclic) bond motifs is 5. The van der Waals surface area contributed by atoms with E-state index in [0.717, 1.165) is 4.90 Å². The van der Waals surface area contributed by atoms with Crippen molar-refractivity contribution in [2.45, 2.75) is 25.2 Å². The molecule has 0 radical (unpaired) electrons. The highest BCUT2D eigenvalue weighted by atomic mass is 19.4. The molecule has 2 bridgehead atoms. The van der Waals surface area contributed by atoms with Gasteiger partial charge in [0, 0.05) is 13.0 Å². The molecule has 1 aromatic rings. The molecule has 166 valence electrons. The third kappa shape index (κ3) is 3.59. The number of likely N-dealkylation sites (tertiary alicyclic amines) is 1. The van der Waals surface area contributed by atoms with Crippen LogP contribution in [-0.4, -0.2) is 29.2 Å². The summed E-state index contributed by atoms with van der Waals surface area (Å²) in [6, 6.07) is 1.47. The zero-order chi connectivity index (χ0) is 22.7. The van der Waals surface area contributed by atoms with Crippen LogP contribution in [0.2, 0.25) is 0 Å². The number of alkyl halides is 6. The lowest BCUT2D eigenvalue weighted by atomic mass is 9.85. The summed E-state index contributed by atoms with van der Waals surface area (Å²) in [4.78, 5) is 38.3. The van der Waals surface area contributed by atoms with Crippen molar-refractivity contribution in [1.82, 2.24) is 4.90 Å². The Labute approximate surface area is 172 Å². The molecule has 1 saturated carbocycles. The number of imide groups is 1. The van der Waals surface area contributed by atoms with Crippen molar-refractivity contribution in [3.63, 3.8) is 0 Å². The molecular weight excluding hydrogens is 430 g/mol. The number of hydrogen-bond donors (Lipinski definition) is 1. The van der Waals surface area contributed by atoms with Gasteiger partial charge in [0.25, 0.3) is 0 Å². The molecule has 1 heterocycles. The molecule has 1 aromatic carbocycles. The average Bonchev–Trinajstić information content (AvgIpc) is 3.33. The first-order valence-electron chi connectivity index (χ1n) is 9.50. The molecule has 1 N–H and O–H groups in total. The minimum absolute atomic E-state index is 0.0571. The maximum Gasteiger partial charge on any atom is 0.418 e. The predicted octanol–water partition coefficient (Wildman–Crippen LogP) is 3.86. The first-order chi connectivity index (χ1) is 14.4. The summed E-state index contributed by atoms with van der Waals surface area (Å²) >= 11 is 0. The van der Waals surface area contributed by atoms with Gasteiger partial charge in [-0.25, -0.2) is 0 Å². The van der Waals surface area contributed by atoms with Gasteiger partial charge in [-0.1, -0.05) is 18.2 Å². The number of benzene rings is 1. The number of carbonyl (C=O) groups is 3. The Kier molecular flexibility index (Phi) is 4.90. The first kappa shape index (κ1) is 21.4. The SMILES string of the molecule is O=C(CCN1C(=O)C2C3C=CC(C3)C2C1=O)Nc1c(C(F)(F)F)cccc1C(F)(F)F. The van der Waals surface area contributed by atoms with Crippen LogP contribution in [-0.2, 0) is 26.7 Å². The van der Waals surface area contributed by atoms with Crippen molar-refractivity contribution in [2.24, 2.45) is 23.7 Å². The minimum Gasteiger partial charge on any atom is -0.325 e. The van der Waals surface area contributed by atoms with Crippen molar-refractivity contribution >= 4 is 23.4 Å². The molecule has 0 spiro atoms. The molecule has 1 aliphatic heterocycles. The van der Waals surface area contributed by atoms with Gasteiger partial charge < -0.3 is 5.32 Å². The van der Waals surface area contributed by atoms with E-state index in [1.54, 1.807) is 5.32 Å². The monoisotopic (exact) mass is 446 g/mol. The number of hydrogen-bond acceptors (Lipinski definition) is 3. The highest BCUT2D eigenvalue weighted by Gasteiger charge is 2.59. The molecule has 11 heteroatoms. The maximum atomic E-state index is 13.2. The molecular formula is C20H16F6N2O3. The minimum atomic E-state index is -5.13. The fraction of sp³-hybridized carbons (Fsp3) is 0.450. The normalized spacial score (nSPS) is 27.2. The quantitative estimate of drug-likeness (QED) is 0.434. The molecule has 5 nitrogen and oxygen atoms in total. The van der Waals surface area contributed by atoms with Gasteiger partial charge in [0.1, 0.15) is 0 Å². The standard InChI is InChI=1S/C20H16F6N2O3/c21-19(22,23)11-2-1-3-12(20(24,25)26)16(11)27-13(29)6-7-28-17(30)14-9-4-5-10(8-9)15(14)18(28)31/h1-5,9-10,14-15H,6-8H2,(H,27,29). The fourth-order valence-electron chi connectivity index (χ4n) is 4.76. The smallest absolute Gasteiger partial charge is 0.325 e. The number of amides is 3. The second-order valence-electron chi connectivity index (χ2n) is 7.85. The topological polar surface area (TPSA) is 66.5 Å². The number of carbonyl (C=O) groups excluding carboxylic acids is 3. The van der Waals surface area contributed by atoms with Gasteiger partial charge in [-0.2, -0.15) is 26.3 Å². The van der Waals surface area contributed by atoms with Crippen LogP contribution in [0.25, 0.3) is 0 Å². The molecule has 4 rings (SSSR count). The lowest BCUT2D eigenvalue weighted by molar-refractivity contribution is -0.142. The molecule has 4 atom stereocenters. The molecule has 0 aromatic heterocycles. The van der Waals surface area contributed by atoms with E-state index in [1.807, 2.05) is 12.2 Å². The summed E-state index contributed by atoms with van der Waals surface area (Å²) in [5.41, 5.74) is -4.67. The molecule has 2 fully saturated rings. The maximum absolute atomic E-state index is 13.2. The Hall–Kier alpha value is -2.85. The number of anilines is 1. The van der Waals surface area contributed by atoms with Crippen LogP contribution < -0.4 is 5.32 Å². The highest BCUT2D eigenvalue weighted by molar-refractivity contribution is 6.06. The zero-order valence-corrected chi connectivity index (χ0v) is 15.8. The van der Waals surface area contributed by atoms with E-state index in [-0.39, 0.29) is 11.8 Å². The largest absolute Gasteiger partial charge is 0.418 e. The summed E-state index contributed by atoms with van der Waals surface area (Å²) < 4.78 is 79.1. The molecule has 3 aliphatic rings. The Morgan fingerprint density at radius 2 is 1.42 bits per heavy atom. The summed E-state index contributed by atoms with van der Waals surface area (Å²) in [6.07, 6.45) is -6.43. The van der Waals surface area contributed by atoms with E-state index in [4.69, 9.17) is 0 Å². The van der Waals surface area contributed by atoms with Gasteiger partial charge in [0.2, 0.25) is 17.7 Å². The van der Waals surface area contributed by atoms with Crippen molar-refractivity contribution in [2.75, 3.05) is 11.9 Å². The van der Waals surface area contributed by atoms with Crippen molar-refractivity contribution in [3.05, 3.63) is 41.5 Å². The average molecular weight is 446 g/mol. The van der Waals surface area contributed by atoms with Gasteiger partial charge in [-0.3, -0.25) is 19.3 Å². The van der Waals surface area contributed by atoms with Gasteiger partial charge >= 0.3 is 12.4 Å². The molecule has 1 saturated heterocycles. The Morgan fingerprint density at radius 1 is 0.935 bits per heavy atom. The Balaban J connectivity index is 1.49. The zero-order valence-electron chi connectivity index (χ0n) is 15.8. The van der Waals surface area contributed by atoms with Gasteiger partial charge in [0.05, 0.1) is 28.7 Å². The van der Waals surface area contributed by atoms with Crippen LogP contribution in [0.15, 0.2) is 30.4 Å². The lowest BCUT2D eigenvalue weighted by Crippen LogP contribution is -2.35. The van der Waals surface area contributed by atoms with Crippen molar-refractivity contribution in [3.8, 4) is 0 Å². The first-order valence-corrected chi connectivity index (χ1v) is 9.50. The second-order valence-corrected chi connectivity index (χ2v) is 7.85. The summed E-state index contributed by atoms with van der Waals surface area (Å²) in [5.74, 6) is -3.20. The summed E-state index contributed by atoms with van der Waals surface area (Å²) in [5, 5.41) is 1.69. The Morgan fingerprint density at radius 3 is 1.87 bits per heavy atom. The number of allylic oxidation sites excluding steroid dienone is 2. The Bertz CT molecular complexity index is 922. The van der Waals surface area contributed by atoms with E-state index in [1.165, 1.54) is 0 Å². The van der Waals surface area contributed by atoms with Crippen LogP contribution in [0, 0.1) is 23.7 Å². The second kappa shape index (κ2) is 7.10. The van der Waals surface area contributed by atoms with E-state index in [2.05, 4.69) is 0 Å². The highest BCUT2D eigenvalue weighted by Crippen LogP contribution is 2.52. The van der Waals surface area contributed by atoms with E-state index >= 15 is 0 Å². The van der Waals surface area contributed by atoms with Crippen LogP contribution in [0.3, 0.4) is 0 Å². The van der Waals surface area contributed by atoms with Crippen molar-refractivity contribution < 1.29 is 40.7 Å². The van der Waals surface area contributed by atoms with Gasteiger partial charge in [-0.05, 0) is 30.4 Å². The van der Waals surface area contributed by atoms with Gasteiger partial charge in [0.15, 0.2) is 0 Å². The fourth-order valence-corrected chi connectivity index (χ4v) is 4.76. The van der Waals surface area contributed by atoms with Crippen molar-refractivity contribution in [1.29, 1.82) is 0 Å². The molecule has 4 unspecified atom stereocenters. The number of halogens is 6. The molecule has 3 amide bonds. The molecule has 31 heavy (non-hydrogen) atoms. The van der Waals surface area contributed by atoms with E-state index in [0.29, 0.717) is 24.6 Å². The lowest BCUT2D eigenvalue weighted by Gasteiger charge is -2.20. The predicted molar refractivity (Wildman–Crippen MR) is 94.1 cm³/mol. The summed E-state index contributed by atoms with van der Waals surface area (Å²) in [6.45, 7) is -0.411. The van der Waals surface area contributed by atoms with Crippen LogP contribution >= 0.6 is 0 Å². The number of nitrogens with zero attached hydrogens (tertiary/aromatic N) is 1. The number of para-hydroxylation sites is 1.